The van der Waals surface area contributed by atoms with Crippen LogP contribution in [0.1, 0.15) is 31.8 Å². The second kappa shape index (κ2) is 11.7. The lowest BCUT2D eigenvalue weighted by Crippen LogP contribution is -2.27. The Bertz CT molecular complexity index is 1390. The average Bonchev–Trinajstić information content (AvgIpc) is 2.90. The van der Waals surface area contributed by atoms with Crippen molar-refractivity contribution < 1.29 is 29.3 Å². The van der Waals surface area contributed by atoms with Gasteiger partial charge < -0.3 is 20.3 Å². The summed E-state index contributed by atoms with van der Waals surface area (Å²) in [6.45, 7) is 0. The van der Waals surface area contributed by atoms with Crippen LogP contribution in [0.2, 0.25) is 0 Å². The summed E-state index contributed by atoms with van der Waals surface area (Å²) in [7, 11) is 0. The average molecular weight is 496 g/mol. The van der Waals surface area contributed by atoms with E-state index in [1.807, 2.05) is 84.9 Å². The Hall–Kier alpha value is -4.91. The van der Waals surface area contributed by atoms with Crippen molar-refractivity contribution in [1.82, 2.24) is 0 Å². The molecule has 4 aromatic rings. The molecule has 0 radical (unpaired) electrons. The number of carbonyl (C=O) groups is 3. The molecule has 4 rings (SSSR count). The van der Waals surface area contributed by atoms with E-state index >= 15 is 0 Å². The topological polar surface area (TPSA) is 113 Å². The van der Waals surface area contributed by atoms with Crippen LogP contribution in [0, 0.1) is 5.92 Å². The van der Waals surface area contributed by atoms with Gasteiger partial charge in [-0.2, -0.15) is 0 Å². The molecular formula is C30H25NO6. The van der Waals surface area contributed by atoms with E-state index in [1.165, 1.54) is 18.2 Å². The van der Waals surface area contributed by atoms with E-state index in [4.69, 9.17) is 4.74 Å². The molecular weight excluding hydrogens is 470 g/mol. The Morgan fingerprint density at radius 2 is 1.19 bits per heavy atom. The van der Waals surface area contributed by atoms with Gasteiger partial charge in [-0.15, -0.1) is 0 Å². The third-order valence-corrected chi connectivity index (χ3v) is 5.83. The van der Waals surface area contributed by atoms with Gasteiger partial charge in [-0.25, -0.2) is 9.59 Å². The number of ether oxygens (including phenoxy) is 1. The molecule has 1 unspecified atom stereocenters. The molecule has 0 saturated heterocycles. The standard InChI is InChI=1S/C30H25NO6/c32-28(31-23-13-16-26(29(33)34)27(19-23)30(35)36)22(17-20-7-3-1-4-8-20)18-21-11-14-25(15-12-21)37-24-9-5-2-6-10-24/h1-16,19,22H,17-18H2,(H,31,32)(H,33,34)(H,35,36). The number of aromatic carboxylic acids is 2. The molecule has 0 spiro atoms. The van der Waals surface area contributed by atoms with Gasteiger partial charge in [0, 0.05) is 11.6 Å². The Kier molecular flexibility index (Phi) is 7.95. The minimum Gasteiger partial charge on any atom is -0.478 e. The van der Waals surface area contributed by atoms with Crippen molar-refractivity contribution in [2.24, 2.45) is 5.92 Å². The third-order valence-electron chi connectivity index (χ3n) is 5.83. The number of rotatable bonds is 10. The zero-order valence-electron chi connectivity index (χ0n) is 19.8. The molecule has 1 atom stereocenters. The van der Waals surface area contributed by atoms with Crippen LogP contribution in [0.5, 0.6) is 11.5 Å². The molecule has 4 aromatic carbocycles. The van der Waals surface area contributed by atoms with Gasteiger partial charge >= 0.3 is 11.9 Å². The van der Waals surface area contributed by atoms with E-state index in [9.17, 15) is 24.6 Å². The molecule has 3 N–H and O–H groups in total. The van der Waals surface area contributed by atoms with Gasteiger partial charge in [0.05, 0.1) is 11.1 Å². The maximum atomic E-state index is 13.3. The van der Waals surface area contributed by atoms with Crippen molar-refractivity contribution >= 4 is 23.5 Å². The first-order valence-electron chi connectivity index (χ1n) is 11.7. The number of carboxylic acids is 2. The van der Waals surface area contributed by atoms with E-state index in [1.54, 1.807) is 0 Å². The number of nitrogens with one attached hydrogen (secondary N) is 1. The first-order valence-corrected chi connectivity index (χ1v) is 11.7. The van der Waals surface area contributed by atoms with E-state index in [0.717, 1.165) is 16.9 Å². The van der Waals surface area contributed by atoms with Crippen molar-refractivity contribution in [3.8, 4) is 11.5 Å². The van der Waals surface area contributed by atoms with Crippen LogP contribution in [-0.2, 0) is 17.6 Å². The molecule has 0 aliphatic rings. The lowest BCUT2D eigenvalue weighted by Gasteiger charge is -2.18. The summed E-state index contributed by atoms with van der Waals surface area (Å²) in [4.78, 5) is 36.2. The minimum absolute atomic E-state index is 0.220. The molecule has 0 aliphatic heterocycles. The summed E-state index contributed by atoms with van der Waals surface area (Å²) >= 11 is 0. The first-order chi connectivity index (χ1) is 17.9. The van der Waals surface area contributed by atoms with E-state index in [-0.39, 0.29) is 22.7 Å². The van der Waals surface area contributed by atoms with Gasteiger partial charge in [-0.05, 0) is 66.4 Å². The molecule has 0 aromatic heterocycles. The molecule has 0 bridgehead atoms. The van der Waals surface area contributed by atoms with Gasteiger partial charge in [0.15, 0.2) is 0 Å². The Morgan fingerprint density at radius 3 is 1.78 bits per heavy atom. The highest BCUT2D eigenvalue weighted by molar-refractivity contribution is 6.03. The maximum Gasteiger partial charge on any atom is 0.336 e. The summed E-state index contributed by atoms with van der Waals surface area (Å²) in [6.07, 6.45) is 0.902. The summed E-state index contributed by atoms with van der Waals surface area (Å²) in [5.41, 5.74) is 1.41. The molecule has 7 heteroatoms. The van der Waals surface area contributed by atoms with Crippen LogP contribution >= 0.6 is 0 Å². The third kappa shape index (κ3) is 6.82. The maximum absolute atomic E-state index is 13.3. The second-order valence-electron chi connectivity index (χ2n) is 8.51. The highest BCUT2D eigenvalue weighted by Gasteiger charge is 2.22. The second-order valence-corrected chi connectivity index (χ2v) is 8.51. The molecule has 37 heavy (non-hydrogen) atoms. The number of carboxylic acid groups (broad SMARTS) is 2. The number of para-hydroxylation sites is 1. The quantitative estimate of drug-likeness (QED) is 0.252. The molecule has 0 saturated carbocycles. The number of anilines is 1. The highest BCUT2D eigenvalue weighted by Crippen LogP contribution is 2.24. The highest BCUT2D eigenvalue weighted by atomic mass is 16.5. The van der Waals surface area contributed by atoms with Crippen molar-refractivity contribution in [2.75, 3.05) is 5.32 Å². The van der Waals surface area contributed by atoms with Crippen molar-refractivity contribution in [1.29, 1.82) is 0 Å². The fraction of sp³-hybridized carbons (Fsp3) is 0.100. The normalized spacial score (nSPS) is 11.4. The van der Waals surface area contributed by atoms with Crippen LogP contribution in [-0.4, -0.2) is 28.1 Å². The summed E-state index contributed by atoms with van der Waals surface area (Å²) in [5.74, 6) is -2.09. The van der Waals surface area contributed by atoms with Gasteiger partial charge in [-0.1, -0.05) is 60.7 Å². The largest absolute Gasteiger partial charge is 0.478 e. The van der Waals surface area contributed by atoms with E-state index in [2.05, 4.69) is 5.32 Å². The zero-order chi connectivity index (χ0) is 26.2. The summed E-state index contributed by atoms with van der Waals surface area (Å²) < 4.78 is 5.85. The number of hydrogen-bond acceptors (Lipinski definition) is 4. The Morgan fingerprint density at radius 1 is 0.649 bits per heavy atom. The molecule has 0 heterocycles. The van der Waals surface area contributed by atoms with E-state index in [0.29, 0.717) is 18.6 Å². The predicted octanol–water partition coefficient (Wildman–Crippen LogP) is 5.92. The summed E-state index contributed by atoms with van der Waals surface area (Å²) in [6, 6.07) is 30.3. The van der Waals surface area contributed by atoms with Gasteiger partial charge in [0.2, 0.25) is 5.91 Å². The molecule has 7 nitrogen and oxygen atoms in total. The predicted molar refractivity (Wildman–Crippen MR) is 139 cm³/mol. The van der Waals surface area contributed by atoms with Gasteiger partial charge in [0.25, 0.3) is 0 Å². The van der Waals surface area contributed by atoms with Gasteiger partial charge in [0.1, 0.15) is 11.5 Å². The number of benzene rings is 4. The fourth-order valence-electron chi connectivity index (χ4n) is 3.99. The van der Waals surface area contributed by atoms with Crippen LogP contribution in [0.15, 0.2) is 103 Å². The Balaban J connectivity index is 1.53. The SMILES string of the molecule is O=C(O)c1ccc(NC(=O)C(Cc2ccccc2)Cc2ccc(Oc3ccccc3)cc2)cc1C(=O)O. The van der Waals surface area contributed by atoms with Crippen molar-refractivity contribution in [3.05, 3.63) is 125 Å². The zero-order valence-corrected chi connectivity index (χ0v) is 19.8. The molecule has 0 aliphatic carbocycles. The number of amides is 1. The fourth-order valence-corrected chi connectivity index (χ4v) is 3.99. The van der Waals surface area contributed by atoms with Crippen LogP contribution in [0.4, 0.5) is 5.69 Å². The minimum atomic E-state index is -1.38. The molecule has 1 amide bonds. The van der Waals surface area contributed by atoms with Gasteiger partial charge in [-0.3, -0.25) is 4.79 Å². The lowest BCUT2D eigenvalue weighted by atomic mass is 9.91. The smallest absolute Gasteiger partial charge is 0.336 e. The van der Waals surface area contributed by atoms with E-state index < -0.39 is 17.9 Å². The first kappa shape index (κ1) is 25.2. The lowest BCUT2D eigenvalue weighted by molar-refractivity contribution is -0.119. The van der Waals surface area contributed by atoms with Crippen LogP contribution in [0.25, 0.3) is 0 Å². The Labute approximate surface area is 214 Å². The van der Waals surface area contributed by atoms with Crippen molar-refractivity contribution in [3.63, 3.8) is 0 Å². The number of carbonyl (C=O) groups excluding carboxylic acids is 1. The van der Waals surface area contributed by atoms with Crippen molar-refractivity contribution in [2.45, 2.75) is 12.8 Å². The monoisotopic (exact) mass is 495 g/mol. The van der Waals surface area contributed by atoms with Crippen LogP contribution in [0.3, 0.4) is 0 Å². The molecule has 0 fully saturated rings. The summed E-state index contributed by atoms with van der Waals surface area (Å²) in [5, 5.41) is 21.4. The van der Waals surface area contributed by atoms with Crippen LogP contribution < -0.4 is 10.1 Å². The number of hydrogen-bond donors (Lipinski definition) is 3. The molecule has 186 valence electrons.